The van der Waals surface area contributed by atoms with E-state index in [1.165, 1.54) is 22.5 Å². The predicted octanol–water partition coefficient (Wildman–Crippen LogP) is 3.52. The predicted molar refractivity (Wildman–Crippen MR) is 120 cm³/mol. The third kappa shape index (κ3) is 4.15. The number of hydrazine groups is 1. The highest BCUT2D eigenvalue weighted by molar-refractivity contribution is 5.74. The lowest BCUT2D eigenvalue weighted by Crippen LogP contribution is -2.34. The van der Waals surface area contributed by atoms with E-state index in [1.54, 1.807) is 6.92 Å². The normalized spacial score (nSPS) is 15.8. The first kappa shape index (κ1) is 20.9. The number of hydrogen-bond acceptors (Lipinski definition) is 5. The van der Waals surface area contributed by atoms with Crippen LogP contribution in [-0.4, -0.2) is 45.7 Å². The van der Waals surface area contributed by atoms with Crippen LogP contribution in [0.3, 0.4) is 0 Å². The molecule has 0 atom stereocenters. The molecule has 3 heterocycles. The summed E-state index contributed by atoms with van der Waals surface area (Å²) in [5.74, 6) is 0.944. The Morgan fingerprint density at radius 2 is 1.90 bits per heavy atom. The van der Waals surface area contributed by atoms with Crippen LogP contribution in [0.15, 0.2) is 29.8 Å². The fourth-order valence-corrected chi connectivity index (χ4v) is 3.94. The van der Waals surface area contributed by atoms with E-state index in [0.717, 1.165) is 36.6 Å². The van der Waals surface area contributed by atoms with Gasteiger partial charge in [0.1, 0.15) is 0 Å². The Labute approximate surface area is 174 Å². The van der Waals surface area contributed by atoms with Crippen molar-refractivity contribution in [1.29, 1.82) is 0 Å². The molecule has 7 nitrogen and oxygen atoms in total. The summed E-state index contributed by atoms with van der Waals surface area (Å²) in [6.07, 6.45) is 0.839. The van der Waals surface area contributed by atoms with Crippen LogP contribution in [0.1, 0.15) is 45.9 Å². The fraction of sp³-hybridized carbons (Fsp3) is 0.455. The molecule has 2 aromatic rings. The molecule has 0 fully saturated rings. The molecule has 29 heavy (non-hydrogen) atoms. The number of benzene rings is 1. The van der Waals surface area contributed by atoms with E-state index >= 15 is 0 Å². The standard InChI is InChI=1S/C20H26N6O.C2H6.H2/c1-13-11-21-25(4)19(13)15-5-7-16(8-6-15)22-20-17-12-26(14(2)27)10-9-18(17)24(3)23-20;1-2;/h5-8,21H,9-12H2,1-4H3,(H,22,23);1-2H3;1H. The lowest BCUT2D eigenvalue weighted by molar-refractivity contribution is -0.129. The van der Waals surface area contributed by atoms with Gasteiger partial charge in [0.25, 0.3) is 0 Å². The van der Waals surface area contributed by atoms with E-state index in [1.807, 2.05) is 37.5 Å². The molecule has 2 aliphatic heterocycles. The SMILES string of the molecule is CC.CC(=O)N1CCc2c(c(Nc3ccc(C4=C(C)CNN4C)cc3)nn2C)C1.[HH]. The largest absolute Gasteiger partial charge is 0.338 e. The molecular formula is C22H34N6O. The Hall–Kier alpha value is -2.80. The highest BCUT2D eigenvalue weighted by atomic mass is 16.2. The van der Waals surface area contributed by atoms with Gasteiger partial charge in [-0.05, 0) is 30.2 Å². The number of amides is 1. The number of nitrogens with one attached hydrogen (secondary N) is 2. The van der Waals surface area contributed by atoms with Gasteiger partial charge in [0, 0.05) is 58.9 Å². The van der Waals surface area contributed by atoms with Crippen LogP contribution in [0.5, 0.6) is 0 Å². The van der Waals surface area contributed by atoms with Crippen molar-refractivity contribution in [1.82, 2.24) is 25.1 Å². The van der Waals surface area contributed by atoms with Gasteiger partial charge in [-0.3, -0.25) is 9.48 Å². The van der Waals surface area contributed by atoms with Gasteiger partial charge < -0.3 is 15.2 Å². The van der Waals surface area contributed by atoms with E-state index in [9.17, 15) is 4.79 Å². The number of anilines is 2. The van der Waals surface area contributed by atoms with Crippen molar-refractivity contribution in [2.24, 2.45) is 7.05 Å². The van der Waals surface area contributed by atoms with Gasteiger partial charge in [0.15, 0.2) is 5.82 Å². The molecule has 0 saturated heterocycles. The lowest BCUT2D eigenvalue weighted by atomic mass is 10.1. The minimum atomic E-state index is 0. The number of aryl methyl sites for hydroxylation is 1. The second-order valence-corrected chi connectivity index (χ2v) is 7.31. The van der Waals surface area contributed by atoms with Gasteiger partial charge in [0.2, 0.25) is 5.91 Å². The molecule has 0 bridgehead atoms. The summed E-state index contributed by atoms with van der Waals surface area (Å²) >= 11 is 0. The van der Waals surface area contributed by atoms with E-state index < -0.39 is 0 Å². The van der Waals surface area contributed by atoms with Crippen molar-refractivity contribution in [2.45, 2.75) is 40.7 Å². The van der Waals surface area contributed by atoms with Crippen LogP contribution in [0.25, 0.3) is 5.70 Å². The van der Waals surface area contributed by atoms with Gasteiger partial charge in [-0.15, -0.1) is 0 Å². The topological polar surface area (TPSA) is 65.4 Å². The second kappa shape index (κ2) is 8.69. The molecule has 4 rings (SSSR count). The summed E-state index contributed by atoms with van der Waals surface area (Å²) in [5, 5.41) is 10.2. The molecule has 2 aliphatic rings. The molecule has 7 heteroatoms. The van der Waals surface area contributed by atoms with E-state index in [0.29, 0.717) is 6.54 Å². The van der Waals surface area contributed by atoms with Crippen molar-refractivity contribution in [2.75, 3.05) is 25.5 Å². The van der Waals surface area contributed by atoms with Crippen LogP contribution in [0.4, 0.5) is 11.5 Å². The van der Waals surface area contributed by atoms with E-state index in [2.05, 4.69) is 52.0 Å². The van der Waals surface area contributed by atoms with Gasteiger partial charge >= 0.3 is 0 Å². The minimum Gasteiger partial charge on any atom is -0.338 e. The Bertz CT molecular complexity index is 918. The third-order valence-electron chi connectivity index (χ3n) is 5.43. The van der Waals surface area contributed by atoms with Crippen molar-refractivity contribution in [3.05, 3.63) is 46.7 Å². The molecule has 1 aromatic carbocycles. The molecule has 0 spiro atoms. The Morgan fingerprint density at radius 3 is 2.48 bits per heavy atom. The summed E-state index contributed by atoms with van der Waals surface area (Å²) in [7, 11) is 4.01. The zero-order valence-corrected chi connectivity index (χ0v) is 18.3. The number of rotatable bonds is 3. The number of nitrogens with zero attached hydrogens (tertiary/aromatic N) is 4. The first-order valence-corrected chi connectivity index (χ1v) is 10.3. The van der Waals surface area contributed by atoms with Crippen LogP contribution in [-0.2, 0) is 24.8 Å². The second-order valence-electron chi connectivity index (χ2n) is 7.31. The molecule has 0 aliphatic carbocycles. The monoisotopic (exact) mass is 398 g/mol. The summed E-state index contributed by atoms with van der Waals surface area (Å²) in [5.41, 5.74) is 10.4. The molecular weight excluding hydrogens is 364 g/mol. The maximum Gasteiger partial charge on any atom is 0.219 e. The molecule has 0 saturated carbocycles. The van der Waals surface area contributed by atoms with Gasteiger partial charge in [0.05, 0.1) is 12.2 Å². The van der Waals surface area contributed by atoms with Crippen molar-refractivity contribution in [3.63, 3.8) is 0 Å². The first-order chi connectivity index (χ1) is 13.9. The Morgan fingerprint density at radius 1 is 1.21 bits per heavy atom. The number of carbonyl (C=O) groups excluding carboxylic acids is 1. The summed E-state index contributed by atoms with van der Waals surface area (Å²) < 4.78 is 1.93. The average molecular weight is 399 g/mol. The summed E-state index contributed by atoms with van der Waals surface area (Å²) in [6.45, 7) is 10.0. The molecule has 2 N–H and O–H groups in total. The van der Waals surface area contributed by atoms with Gasteiger partial charge in [-0.2, -0.15) is 5.10 Å². The number of hydrogen-bond donors (Lipinski definition) is 2. The van der Waals surface area contributed by atoms with Crippen LogP contribution in [0.2, 0.25) is 0 Å². The first-order valence-electron chi connectivity index (χ1n) is 10.3. The summed E-state index contributed by atoms with van der Waals surface area (Å²) in [6, 6.07) is 8.41. The van der Waals surface area contributed by atoms with Gasteiger partial charge in [-0.1, -0.05) is 26.0 Å². The van der Waals surface area contributed by atoms with Crippen LogP contribution < -0.4 is 10.7 Å². The van der Waals surface area contributed by atoms with Crippen molar-refractivity contribution < 1.29 is 6.22 Å². The molecule has 1 amide bonds. The summed E-state index contributed by atoms with van der Waals surface area (Å²) in [4.78, 5) is 13.6. The quantitative estimate of drug-likeness (QED) is 0.828. The van der Waals surface area contributed by atoms with Gasteiger partial charge in [-0.25, -0.2) is 5.43 Å². The number of fused-ring (bicyclic) bond motifs is 1. The van der Waals surface area contributed by atoms with E-state index in [4.69, 9.17) is 0 Å². The molecule has 1 aromatic heterocycles. The number of carbonyl (C=O) groups is 1. The number of aromatic nitrogens is 2. The smallest absolute Gasteiger partial charge is 0.219 e. The highest BCUT2D eigenvalue weighted by Crippen LogP contribution is 2.30. The van der Waals surface area contributed by atoms with E-state index in [-0.39, 0.29) is 7.33 Å². The highest BCUT2D eigenvalue weighted by Gasteiger charge is 2.25. The van der Waals surface area contributed by atoms with Crippen molar-refractivity contribution >= 4 is 23.1 Å². The van der Waals surface area contributed by atoms with Crippen LogP contribution in [0, 0.1) is 0 Å². The molecule has 0 radical (unpaired) electrons. The Balaban J connectivity index is 0.00000104. The average Bonchev–Trinajstić information content (AvgIpc) is 3.22. The third-order valence-corrected chi connectivity index (χ3v) is 5.43. The maximum absolute atomic E-state index is 11.8. The zero-order valence-electron chi connectivity index (χ0n) is 18.3. The van der Waals surface area contributed by atoms with Crippen molar-refractivity contribution in [3.8, 4) is 0 Å². The van der Waals surface area contributed by atoms with Crippen LogP contribution >= 0.6 is 0 Å². The molecule has 0 unspecified atom stereocenters. The lowest BCUT2D eigenvalue weighted by Gasteiger charge is -2.26. The fourth-order valence-electron chi connectivity index (χ4n) is 3.94. The Kier molecular flexibility index (Phi) is 6.27. The maximum atomic E-state index is 11.8. The zero-order chi connectivity index (χ0) is 21.1. The minimum absolute atomic E-state index is 0. The molecule has 158 valence electrons.